The molecule has 2 aliphatic rings. The quantitative estimate of drug-likeness (QED) is 0.295. The van der Waals surface area contributed by atoms with Gasteiger partial charge >= 0.3 is 0 Å². The molecule has 1 saturated heterocycles. The molecule has 4 heterocycles. The molecule has 34 heavy (non-hydrogen) atoms. The maximum atomic E-state index is 4.93. The Kier molecular flexibility index (Phi) is 4.28. The predicted molar refractivity (Wildman–Crippen MR) is 138 cm³/mol. The van der Waals surface area contributed by atoms with E-state index >= 15 is 0 Å². The largest absolute Gasteiger partial charge is 0.354 e. The average molecular weight is 448 g/mol. The van der Waals surface area contributed by atoms with Crippen molar-refractivity contribution in [3.63, 3.8) is 0 Å². The van der Waals surface area contributed by atoms with Crippen LogP contribution in [0.15, 0.2) is 48.5 Å². The lowest BCUT2D eigenvalue weighted by molar-refractivity contribution is 0.380. The standard InChI is InChI=1S/C29H29N5/c1-15-10-21(11-16(2)30-15)27-17(3)23-8-5-18(13-25(23)32-27)19-6-9-24-26(14-19)34-29(33-24)28-20-4-7-22(12-20)31-28/h5-6,8-11,13-14,20,22,28,31-32H,4,7,12H2,1-3H3,(H,33,34)/t20-,22?,28-/m1/s1. The fraction of sp³-hybridized carbons (Fsp3) is 0.310. The zero-order valence-corrected chi connectivity index (χ0v) is 19.9. The van der Waals surface area contributed by atoms with Crippen molar-refractivity contribution in [1.29, 1.82) is 0 Å². The first-order chi connectivity index (χ1) is 16.5. The molecule has 5 nitrogen and oxygen atoms in total. The van der Waals surface area contributed by atoms with Crippen molar-refractivity contribution >= 4 is 21.9 Å². The SMILES string of the molecule is Cc1cc(-c2[nH]c3cc(-c4ccc5nc([C@@H]6NC7CC[C@@H]6C7)[nH]c5c4)ccc3c2C)cc(C)n1. The van der Waals surface area contributed by atoms with Crippen molar-refractivity contribution in [2.45, 2.75) is 52.1 Å². The summed E-state index contributed by atoms with van der Waals surface area (Å²) < 4.78 is 0. The molecule has 0 spiro atoms. The number of pyridine rings is 1. The van der Waals surface area contributed by atoms with Crippen LogP contribution in [-0.4, -0.2) is 26.0 Å². The van der Waals surface area contributed by atoms with Crippen LogP contribution in [0.4, 0.5) is 0 Å². The summed E-state index contributed by atoms with van der Waals surface area (Å²) in [7, 11) is 0. The zero-order valence-electron chi connectivity index (χ0n) is 19.9. The number of piperidine rings is 1. The number of nitrogens with one attached hydrogen (secondary N) is 3. The molecule has 1 aliphatic carbocycles. The first-order valence-corrected chi connectivity index (χ1v) is 12.4. The number of hydrogen-bond acceptors (Lipinski definition) is 3. The molecule has 5 aromatic rings. The number of benzene rings is 2. The second kappa shape index (κ2) is 7.28. The number of H-pyrrole nitrogens is 2. The third-order valence-corrected chi connectivity index (χ3v) is 7.92. The first-order valence-electron chi connectivity index (χ1n) is 12.4. The van der Waals surface area contributed by atoms with Crippen molar-refractivity contribution in [2.75, 3.05) is 0 Å². The van der Waals surface area contributed by atoms with Crippen LogP contribution in [0, 0.1) is 26.7 Å². The van der Waals surface area contributed by atoms with E-state index in [0.29, 0.717) is 12.1 Å². The third-order valence-electron chi connectivity index (χ3n) is 7.92. The average Bonchev–Trinajstić information content (AvgIpc) is 3.60. The molecule has 170 valence electrons. The summed E-state index contributed by atoms with van der Waals surface area (Å²) in [4.78, 5) is 16.8. The van der Waals surface area contributed by atoms with Crippen molar-refractivity contribution in [3.8, 4) is 22.4 Å². The van der Waals surface area contributed by atoms with Crippen molar-refractivity contribution in [3.05, 3.63) is 71.3 Å². The van der Waals surface area contributed by atoms with Gasteiger partial charge in [0.2, 0.25) is 0 Å². The molecule has 0 amide bonds. The zero-order chi connectivity index (χ0) is 23.0. The van der Waals surface area contributed by atoms with E-state index < -0.39 is 0 Å². The molecule has 2 bridgehead atoms. The Hall–Kier alpha value is -3.44. The maximum Gasteiger partial charge on any atom is 0.124 e. The van der Waals surface area contributed by atoms with E-state index in [4.69, 9.17) is 4.98 Å². The van der Waals surface area contributed by atoms with Crippen LogP contribution in [0.2, 0.25) is 0 Å². The molecule has 5 heteroatoms. The van der Waals surface area contributed by atoms with Gasteiger partial charge in [0, 0.05) is 39.6 Å². The molecule has 0 radical (unpaired) electrons. The number of nitrogens with zero attached hydrogens (tertiary/aromatic N) is 2. The Labute approximate surface area is 199 Å². The molecular formula is C29H29N5. The molecule has 2 aromatic carbocycles. The van der Waals surface area contributed by atoms with Gasteiger partial charge in [0.1, 0.15) is 5.82 Å². The van der Waals surface area contributed by atoms with Gasteiger partial charge in [0.15, 0.2) is 0 Å². The molecule has 3 aromatic heterocycles. The monoisotopic (exact) mass is 447 g/mol. The summed E-state index contributed by atoms with van der Waals surface area (Å²) in [5.74, 6) is 1.83. The number of fused-ring (bicyclic) bond motifs is 4. The van der Waals surface area contributed by atoms with Gasteiger partial charge in [-0.3, -0.25) is 4.98 Å². The van der Waals surface area contributed by atoms with E-state index in [9.17, 15) is 0 Å². The third kappa shape index (κ3) is 3.11. The lowest BCUT2D eigenvalue weighted by atomic mass is 10.00. The molecular weight excluding hydrogens is 418 g/mol. The van der Waals surface area contributed by atoms with Crippen LogP contribution >= 0.6 is 0 Å². The number of aryl methyl sites for hydroxylation is 3. The van der Waals surface area contributed by atoms with E-state index in [1.54, 1.807) is 0 Å². The minimum absolute atomic E-state index is 0.381. The molecule has 1 saturated carbocycles. The second-order valence-corrected chi connectivity index (χ2v) is 10.3. The topological polar surface area (TPSA) is 69.4 Å². The highest BCUT2D eigenvalue weighted by molar-refractivity contribution is 5.94. The lowest BCUT2D eigenvalue weighted by Gasteiger charge is -2.20. The highest BCUT2D eigenvalue weighted by Gasteiger charge is 2.41. The van der Waals surface area contributed by atoms with Crippen LogP contribution in [-0.2, 0) is 0 Å². The highest BCUT2D eigenvalue weighted by atomic mass is 15.1. The van der Waals surface area contributed by atoms with Gasteiger partial charge in [-0.15, -0.1) is 0 Å². The maximum absolute atomic E-state index is 4.93. The van der Waals surface area contributed by atoms with E-state index in [0.717, 1.165) is 39.7 Å². The van der Waals surface area contributed by atoms with Crippen LogP contribution in [0.25, 0.3) is 44.3 Å². The smallest absolute Gasteiger partial charge is 0.124 e. The van der Waals surface area contributed by atoms with Gasteiger partial charge < -0.3 is 15.3 Å². The lowest BCUT2D eigenvalue weighted by Crippen LogP contribution is -2.29. The van der Waals surface area contributed by atoms with E-state index in [-0.39, 0.29) is 0 Å². The van der Waals surface area contributed by atoms with E-state index in [2.05, 4.69) is 89.6 Å². The highest BCUT2D eigenvalue weighted by Crippen LogP contribution is 2.42. The van der Waals surface area contributed by atoms with Crippen molar-refractivity contribution in [2.24, 2.45) is 5.92 Å². The summed E-state index contributed by atoms with van der Waals surface area (Å²) in [5.41, 5.74) is 11.5. The molecule has 2 fully saturated rings. The Morgan fingerprint density at radius 2 is 1.53 bits per heavy atom. The summed E-state index contributed by atoms with van der Waals surface area (Å²) >= 11 is 0. The van der Waals surface area contributed by atoms with Gasteiger partial charge in [-0.1, -0.05) is 18.2 Å². The Morgan fingerprint density at radius 3 is 2.26 bits per heavy atom. The normalized spacial score (nSPS) is 21.8. The number of aromatic amines is 2. The van der Waals surface area contributed by atoms with Gasteiger partial charge in [-0.05, 0) is 93.0 Å². The van der Waals surface area contributed by atoms with Crippen molar-refractivity contribution in [1.82, 2.24) is 25.3 Å². The number of hydrogen-bond donors (Lipinski definition) is 3. The van der Waals surface area contributed by atoms with Gasteiger partial charge in [-0.2, -0.15) is 0 Å². The summed E-state index contributed by atoms with van der Waals surface area (Å²) in [6.07, 6.45) is 3.93. The van der Waals surface area contributed by atoms with Gasteiger partial charge in [0.05, 0.1) is 17.1 Å². The fourth-order valence-corrected chi connectivity index (χ4v) is 6.30. The van der Waals surface area contributed by atoms with Crippen LogP contribution in [0.1, 0.15) is 48.1 Å². The molecule has 7 rings (SSSR count). The minimum atomic E-state index is 0.381. The van der Waals surface area contributed by atoms with Crippen LogP contribution in [0.5, 0.6) is 0 Å². The van der Waals surface area contributed by atoms with Gasteiger partial charge in [0.25, 0.3) is 0 Å². The summed E-state index contributed by atoms with van der Waals surface area (Å²) in [6.45, 7) is 6.30. The van der Waals surface area contributed by atoms with Crippen molar-refractivity contribution < 1.29 is 0 Å². The Morgan fingerprint density at radius 1 is 0.765 bits per heavy atom. The predicted octanol–water partition coefficient (Wildman–Crippen LogP) is 6.51. The van der Waals surface area contributed by atoms with E-state index in [1.165, 1.54) is 52.6 Å². The summed E-state index contributed by atoms with van der Waals surface area (Å²) in [6, 6.07) is 18.7. The number of imidazole rings is 1. The fourth-order valence-electron chi connectivity index (χ4n) is 6.30. The molecule has 1 aliphatic heterocycles. The van der Waals surface area contributed by atoms with Crippen LogP contribution in [0.3, 0.4) is 0 Å². The Bertz CT molecular complexity index is 1550. The second-order valence-electron chi connectivity index (χ2n) is 10.3. The van der Waals surface area contributed by atoms with Crippen LogP contribution < -0.4 is 5.32 Å². The summed E-state index contributed by atoms with van der Waals surface area (Å²) in [5, 5.41) is 5.02. The van der Waals surface area contributed by atoms with E-state index in [1.807, 2.05) is 0 Å². The number of rotatable bonds is 3. The number of aromatic nitrogens is 4. The minimum Gasteiger partial charge on any atom is -0.354 e. The first kappa shape index (κ1) is 20.0. The molecule has 3 atom stereocenters. The van der Waals surface area contributed by atoms with Gasteiger partial charge in [-0.25, -0.2) is 4.98 Å². The molecule has 1 unspecified atom stereocenters. The Balaban J connectivity index is 1.26. The molecule has 3 N–H and O–H groups in total.